The Bertz CT molecular complexity index is 897. The molecular formula is C16H14F3N2O2SSi. The second-order valence-electron chi connectivity index (χ2n) is 5.52. The topological polar surface area (TPSA) is 49.4 Å². The van der Waals surface area contributed by atoms with Gasteiger partial charge in [-0.15, -0.1) is 0 Å². The summed E-state index contributed by atoms with van der Waals surface area (Å²) < 4.78 is 64.1. The number of hydrogen-bond acceptors (Lipinski definition) is 4. The van der Waals surface area contributed by atoms with E-state index >= 15 is 0 Å². The second-order valence-corrected chi connectivity index (χ2v) is 9.54. The van der Waals surface area contributed by atoms with Gasteiger partial charge in [-0.3, -0.25) is 0 Å². The third-order valence-corrected chi connectivity index (χ3v) is 7.03. The molecule has 0 amide bonds. The Morgan fingerprint density at radius 1 is 1.00 bits per heavy atom. The minimum atomic E-state index is -4.48. The lowest BCUT2D eigenvalue weighted by atomic mass is 10.3. The third-order valence-electron chi connectivity index (χ3n) is 3.65. The molecule has 0 unspecified atom stereocenters. The Morgan fingerprint density at radius 2 is 1.60 bits per heavy atom. The van der Waals surface area contributed by atoms with Crippen LogP contribution in [-0.4, -0.2) is 30.0 Å². The van der Waals surface area contributed by atoms with Gasteiger partial charge in [0.05, 0.1) is 4.90 Å². The van der Waals surface area contributed by atoms with Crippen molar-refractivity contribution in [1.82, 2.24) is 4.98 Å². The number of nitrogens with zero attached hydrogens (tertiary/aromatic N) is 1. The Labute approximate surface area is 145 Å². The highest BCUT2D eigenvalue weighted by molar-refractivity contribution is 7.90. The number of rotatable bonds is 3. The summed E-state index contributed by atoms with van der Waals surface area (Å²) in [5.74, 6) is 0. The minimum Gasteiger partial charge on any atom is -0.385 e. The van der Waals surface area contributed by atoms with Gasteiger partial charge in [0.25, 0.3) is 0 Å². The van der Waals surface area contributed by atoms with E-state index < -0.39 is 30.8 Å². The summed E-state index contributed by atoms with van der Waals surface area (Å²) in [6.07, 6.45) is -2.36. The van der Waals surface area contributed by atoms with Crippen LogP contribution in [-0.2, 0) is 9.84 Å². The van der Waals surface area contributed by atoms with Crippen molar-refractivity contribution in [3.8, 4) is 0 Å². The monoisotopic (exact) mass is 383 g/mol. The number of benzene rings is 2. The van der Waals surface area contributed by atoms with E-state index in [-0.39, 0.29) is 4.90 Å². The molecule has 0 aromatic heterocycles. The van der Waals surface area contributed by atoms with Gasteiger partial charge in [0, 0.05) is 18.1 Å². The smallest absolute Gasteiger partial charge is 0.385 e. The van der Waals surface area contributed by atoms with Crippen molar-refractivity contribution in [2.75, 3.05) is 10.8 Å². The fraction of sp³-hybridized carbons (Fsp3) is 0.125. The van der Waals surface area contributed by atoms with Gasteiger partial charge in [-0.25, -0.2) is 8.42 Å². The van der Waals surface area contributed by atoms with E-state index in [9.17, 15) is 21.6 Å². The van der Waals surface area contributed by atoms with Crippen LogP contribution in [0.15, 0.2) is 71.4 Å². The first kappa shape index (κ1) is 17.6. The lowest BCUT2D eigenvalue weighted by molar-refractivity contribution is -0.0942. The van der Waals surface area contributed by atoms with Gasteiger partial charge in [-0.2, -0.15) is 13.2 Å². The molecule has 0 fully saturated rings. The number of halogens is 3. The summed E-state index contributed by atoms with van der Waals surface area (Å²) in [5.41, 5.74) is -0.311. The van der Waals surface area contributed by atoms with Gasteiger partial charge in [-0.1, -0.05) is 30.3 Å². The molecule has 2 aromatic rings. The Balaban J connectivity index is 2.01. The molecule has 0 saturated carbocycles. The van der Waals surface area contributed by atoms with Crippen LogP contribution in [0.4, 0.5) is 18.9 Å². The molecule has 1 N–H and O–H groups in total. The molecule has 1 radical (unpaired) electrons. The number of hydrogen-bond donors (Lipinski definition) is 1. The van der Waals surface area contributed by atoms with Crippen molar-refractivity contribution >= 4 is 29.8 Å². The van der Waals surface area contributed by atoms with E-state index in [2.05, 4.69) is 4.98 Å². The highest BCUT2D eigenvalue weighted by atomic mass is 32.2. The predicted molar refractivity (Wildman–Crippen MR) is 91.1 cm³/mol. The van der Waals surface area contributed by atoms with Crippen LogP contribution < -0.4 is 14.7 Å². The highest BCUT2D eigenvalue weighted by Crippen LogP contribution is 2.30. The van der Waals surface area contributed by atoms with E-state index in [0.717, 1.165) is 17.6 Å². The van der Waals surface area contributed by atoms with Crippen molar-refractivity contribution in [1.29, 1.82) is 0 Å². The van der Waals surface area contributed by atoms with Gasteiger partial charge < -0.3 is 9.55 Å². The second kappa shape index (κ2) is 6.23. The summed E-state index contributed by atoms with van der Waals surface area (Å²) in [6.45, 7) is 0. The van der Waals surface area contributed by atoms with E-state index in [1.54, 1.807) is 30.3 Å². The van der Waals surface area contributed by atoms with Gasteiger partial charge >= 0.3 is 15.3 Å². The maximum absolute atomic E-state index is 13.1. The zero-order chi connectivity index (χ0) is 18.2. The molecule has 0 bridgehead atoms. The van der Waals surface area contributed by atoms with Crippen molar-refractivity contribution in [2.24, 2.45) is 0 Å². The average Bonchev–Trinajstić information content (AvgIpc) is 3.00. The molecular weight excluding hydrogens is 369 g/mol. The average molecular weight is 383 g/mol. The van der Waals surface area contributed by atoms with Crippen LogP contribution >= 0.6 is 0 Å². The predicted octanol–water partition coefficient (Wildman–Crippen LogP) is 2.30. The summed E-state index contributed by atoms with van der Waals surface area (Å²) >= 11 is 0. The van der Waals surface area contributed by atoms with E-state index in [1.807, 2.05) is 0 Å². The summed E-state index contributed by atoms with van der Waals surface area (Å²) in [4.78, 5) is 2.71. The van der Waals surface area contributed by atoms with Crippen molar-refractivity contribution in [2.45, 2.75) is 11.1 Å². The van der Waals surface area contributed by atoms with Crippen molar-refractivity contribution in [3.05, 3.63) is 66.5 Å². The van der Waals surface area contributed by atoms with Crippen LogP contribution in [0.2, 0.25) is 0 Å². The fourth-order valence-electron chi connectivity index (χ4n) is 2.42. The zero-order valence-electron chi connectivity index (χ0n) is 13.1. The Kier molecular flexibility index (Phi) is 4.37. The lowest BCUT2D eigenvalue weighted by Gasteiger charge is -2.23. The van der Waals surface area contributed by atoms with Gasteiger partial charge in [0.2, 0.25) is 0 Å². The van der Waals surface area contributed by atoms with Crippen molar-refractivity contribution in [3.63, 3.8) is 0 Å². The molecule has 0 aliphatic carbocycles. The summed E-state index contributed by atoms with van der Waals surface area (Å²) in [7, 11) is -5.30. The number of allylic oxidation sites excluding steroid dienone is 1. The number of alkyl halides is 3. The van der Waals surface area contributed by atoms with Crippen LogP contribution in [0.3, 0.4) is 0 Å². The first-order chi connectivity index (χ1) is 11.7. The summed E-state index contributed by atoms with van der Waals surface area (Å²) in [5, 5.41) is 0.759. The van der Waals surface area contributed by atoms with Crippen LogP contribution in [0.25, 0.3) is 0 Å². The van der Waals surface area contributed by atoms with Gasteiger partial charge in [-0.05, 0) is 29.5 Å². The van der Waals surface area contributed by atoms with Crippen molar-refractivity contribution < 1.29 is 21.6 Å². The van der Waals surface area contributed by atoms with Gasteiger partial charge in [0.15, 0.2) is 9.84 Å². The quantitative estimate of drug-likeness (QED) is 0.827. The minimum absolute atomic E-state index is 0.122. The van der Waals surface area contributed by atoms with E-state index in [1.165, 1.54) is 28.8 Å². The lowest BCUT2D eigenvalue weighted by Crippen LogP contribution is -2.52. The molecule has 1 aliphatic heterocycles. The molecule has 4 nitrogen and oxygen atoms in total. The highest BCUT2D eigenvalue weighted by Gasteiger charge is 2.42. The largest absolute Gasteiger partial charge is 0.431 e. The van der Waals surface area contributed by atoms with E-state index in [4.69, 9.17) is 0 Å². The maximum atomic E-state index is 13.1. The molecule has 0 atom stereocenters. The molecule has 0 spiro atoms. The molecule has 0 saturated heterocycles. The molecule has 1 heterocycles. The first-order valence-electron chi connectivity index (χ1n) is 7.24. The first-order valence-corrected chi connectivity index (χ1v) is 10.6. The normalized spacial score (nSPS) is 15.8. The molecule has 9 heteroatoms. The van der Waals surface area contributed by atoms with Crippen LogP contribution in [0, 0.1) is 0 Å². The summed E-state index contributed by atoms with van der Waals surface area (Å²) in [6, 6.07) is 14.7. The standard InChI is InChI=1S/C16H14F3N2O2SSi/c1-24(22,23)13-9-7-12(8-10-13)21-11-15(16(17,18)19)20-25(21)14-5-3-2-4-6-14/h2-11,20H,1H3. The van der Waals surface area contributed by atoms with Crippen LogP contribution in [0.5, 0.6) is 0 Å². The molecule has 1 aliphatic rings. The van der Waals surface area contributed by atoms with Gasteiger partial charge in [0.1, 0.15) is 5.70 Å². The molecule has 2 aromatic carbocycles. The molecule has 131 valence electrons. The van der Waals surface area contributed by atoms with Crippen LogP contribution in [0.1, 0.15) is 0 Å². The molecule has 25 heavy (non-hydrogen) atoms. The maximum Gasteiger partial charge on any atom is 0.431 e. The Hall–Kier alpha value is -2.26. The number of sulfone groups is 1. The Morgan fingerprint density at radius 3 is 2.12 bits per heavy atom. The fourth-order valence-corrected chi connectivity index (χ4v) is 5.23. The zero-order valence-corrected chi connectivity index (χ0v) is 14.9. The molecule has 3 rings (SSSR count). The van der Waals surface area contributed by atoms with E-state index in [0.29, 0.717) is 5.69 Å². The third kappa shape index (κ3) is 3.72. The SMILES string of the molecule is CS(=O)(=O)c1ccc(N2C=C(C(F)(F)F)N[Si]2c2ccccc2)cc1. The number of anilines is 1. The number of nitrogens with one attached hydrogen (secondary N) is 1.